The Bertz CT molecular complexity index is 806. The van der Waals surface area contributed by atoms with E-state index in [-0.39, 0.29) is 23.5 Å². The van der Waals surface area contributed by atoms with Gasteiger partial charge in [0.15, 0.2) is 0 Å². The molecule has 5 N–H and O–H groups in total. The van der Waals surface area contributed by atoms with Gasteiger partial charge in [0.05, 0.1) is 16.7 Å². The van der Waals surface area contributed by atoms with Gasteiger partial charge in [-0.25, -0.2) is 10.3 Å². The minimum Gasteiger partial charge on any atom is -0.506 e. The van der Waals surface area contributed by atoms with Gasteiger partial charge < -0.3 is 15.7 Å². The smallest absolute Gasteiger partial charge is 0.319 e. The van der Waals surface area contributed by atoms with Crippen LogP contribution in [0.1, 0.15) is 15.9 Å². The molecule has 0 heterocycles. The molecule has 130 valence electrons. The molecule has 0 radical (unpaired) electrons. The number of nitrogens with zero attached hydrogens (tertiary/aromatic N) is 1. The van der Waals surface area contributed by atoms with Crippen LogP contribution in [0.2, 0.25) is 0 Å². The molecular weight excluding hydrogens is 332 g/mol. The normalized spacial score (nSPS) is 9.96. The first-order valence-corrected chi connectivity index (χ1v) is 6.96. The minimum atomic E-state index is -0.662. The summed E-state index contributed by atoms with van der Waals surface area (Å²) in [5, 5.41) is 33.7. The second-order valence-corrected chi connectivity index (χ2v) is 4.90. The van der Waals surface area contributed by atoms with E-state index in [9.17, 15) is 24.8 Å². The number of amides is 3. The maximum absolute atomic E-state index is 11.8. The minimum absolute atomic E-state index is 0.0260. The van der Waals surface area contributed by atoms with E-state index in [1.54, 1.807) is 12.1 Å². The van der Waals surface area contributed by atoms with Gasteiger partial charge in [-0.1, -0.05) is 12.1 Å². The molecule has 0 aliphatic heterocycles. The number of benzene rings is 2. The molecule has 0 saturated carbocycles. The summed E-state index contributed by atoms with van der Waals surface area (Å²) in [5.41, 5.74) is 2.19. The third-order valence-electron chi connectivity index (χ3n) is 3.21. The third kappa shape index (κ3) is 4.65. The monoisotopic (exact) mass is 346 g/mol. The largest absolute Gasteiger partial charge is 0.506 e. The number of hydroxylamine groups is 1. The van der Waals surface area contributed by atoms with Crippen LogP contribution in [0.15, 0.2) is 42.5 Å². The van der Waals surface area contributed by atoms with Crippen LogP contribution in [0, 0.1) is 10.1 Å². The predicted molar refractivity (Wildman–Crippen MR) is 86.3 cm³/mol. The quantitative estimate of drug-likeness (QED) is 0.240. The number of nitro benzene ring substituents is 1. The SMILES string of the molecule is O=C(NCc1ccc(C(=O)NO)cc1)Nc1ccc([N+](=O)[O-])cc1O. The first-order valence-electron chi connectivity index (χ1n) is 6.96. The Hall–Kier alpha value is -3.66. The molecule has 3 amide bonds. The van der Waals surface area contributed by atoms with Crippen molar-refractivity contribution < 1.29 is 24.8 Å². The van der Waals surface area contributed by atoms with E-state index in [4.69, 9.17) is 5.21 Å². The second kappa shape index (κ2) is 7.75. The van der Waals surface area contributed by atoms with Crippen molar-refractivity contribution in [3.8, 4) is 5.75 Å². The van der Waals surface area contributed by atoms with Crippen LogP contribution in [0.5, 0.6) is 5.75 Å². The zero-order chi connectivity index (χ0) is 18.4. The number of hydrogen-bond donors (Lipinski definition) is 5. The number of non-ortho nitro benzene ring substituents is 1. The van der Waals surface area contributed by atoms with Gasteiger partial charge in [0, 0.05) is 18.2 Å². The lowest BCUT2D eigenvalue weighted by Gasteiger charge is -2.09. The zero-order valence-electron chi connectivity index (χ0n) is 12.7. The highest BCUT2D eigenvalue weighted by molar-refractivity contribution is 5.93. The fourth-order valence-electron chi connectivity index (χ4n) is 1.93. The number of rotatable bonds is 5. The van der Waals surface area contributed by atoms with Gasteiger partial charge in [0.2, 0.25) is 0 Å². The molecule has 10 heteroatoms. The molecule has 0 aliphatic carbocycles. The highest BCUT2D eigenvalue weighted by atomic mass is 16.6. The molecule has 2 aromatic carbocycles. The number of phenols is 1. The fourth-order valence-corrected chi connectivity index (χ4v) is 1.93. The van der Waals surface area contributed by atoms with Crippen molar-refractivity contribution in [2.24, 2.45) is 0 Å². The maximum atomic E-state index is 11.8. The number of phenolic OH excluding ortho intramolecular Hbond substituents is 1. The van der Waals surface area contributed by atoms with Crippen LogP contribution in [-0.2, 0) is 6.54 Å². The number of nitro groups is 1. The van der Waals surface area contributed by atoms with E-state index in [1.807, 2.05) is 0 Å². The number of nitrogens with one attached hydrogen (secondary N) is 3. The van der Waals surface area contributed by atoms with E-state index < -0.39 is 22.6 Å². The fraction of sp³-hybridized carbons (Fsp3) is 0.0667. The Kier molecular flexibility index (Phi) is 5.48. The molecule has 0 saturated heterocycles. The first kappa shape index (κ1) is 17.7. The third-order valence-corrected chi connectivity index (χ3v) is 3.21. The van der Waals surface area contributed by atoms with Crippen molar-refractivity contribution in [2.45, 2.75) is 6.54 Å². The summed E-state index contributed by atoms with van der Waals surface area (Å²) in [5.74, 6) is -1.07. The van der Waals surface area contributed by atoms with E-state index in [0.29, 0.717) is 5.56 Å². The van der Waals surface area contributed by atoms with Gasteiger partial charge >= 0.3 is 6.03 Å². The summed E-state index contributed by atoms with van der Waals surface area (Å²) in [6, 6.07) is 8.81. The highest BCUT2D eigenvalue weighted by Crippen LogP contribution is 2.27. The Morgan fingerprint density at radius 1 is 1.12 bits per heavy atom. The number of carbonyl (C=O) groups is 2. The molecule has 0 aliphatic rings. The van der Waals surface area contributed by atoms with Gasteiger partial charge in [0.25, 0.3) is 11.6 Å². The van der Waals surface area contributed by atoms with Gasteiger partial charge in [-0.3, -0.25) is 20.1 Å². The van der Waals surface area contributed by atoms with Crippen LogP contribution in [0.25, 0.3) is 0 Å². The Labute approximate surface area is 141 Å². The molecule has 0 aromatic heterocycles. The van der Waals surface area contributed by atoms with Crippen LogP contribution in [-0.4, -0.2) is 27.2 Å². The van der Waals surface area contributed by atoms with Crippen molar-refractivity contribution in [2.75, 3.05) is 5.32 Å². The number of hydrogen-bond acceptors (Lipinski definition) is 6. The van der Waals surface area contributed by atoms with Crippen molar-refractivity contribution in [3.05, 3.63) is 63.7 Å². The van der Waals surface area contributed by atoms with Gasteiger partial charge in [-0.15, -0.1) is 0 Å². The van der Waals surface area contributed by atoms with Gasteiger partial charge in [0.1, 0.15) is 5.75 Å². The topological polar surface area (TPSA) is 154 Å². The predicted octanol–water partition coefficient (Wildman–Crippen LogP) is 1.74. The van der Waals surface area contributed by atoms with Crippen molar-refractivity contribution in [1.29, 1.82) is 0 Å². The molecule has 0 bridgehead atoms. The second-order valence-electron chi connectivity index (χ2n) is 4.90. The highest BCUT2D eigenvalue weighted by Gasteiger charge is 2.12. The molecule has 2 rings (SSSR count). The summed E-state index contributed by atoms with van der Waals surface area (Å²) >= 11 is 0. The molecule has 0 atom stereocenters. The Morgan fingerprint density at radius 2 is 1.80 bits per heavy atom. The average Bonchev–Trinajstić information content (AvgIpc) is 2.61. The standard InChI is InChI=1S/C15H14N4O6/c20-13-7-11(19(24)25)5-6-12(13)17-15(22)16-8-9-1-3-10(4-2-9)14(21)18-23/h1-7,20,23H,8H2,(H,18,21)(H2,16,17,22). The molecule has 2 aromatic rings. The van der Waals surface area contributed by atoms with E-state index in [0.717, 1.165) is 12.1 Å². The molecule has 25 heavy (non-hydrogen) atoms. The van der Waals surface area contributed by atoms with Crippen LogP contribution < -0.4 is 16.1 Å². The molecule has 0 spiro atoms. The summed E-state index contributed by atoms with van der Waals surface area (Å²) in [7, 11) is 0. The molecule has 0 fully saturated rings. The van der Waals surface area contributed by atoms with Crippen molar-refractivity contribution in [1.82, 2.24) is 10.8 Å². The van der Waals surface area contributed by atoms with E-state index >= 15 is 0 Å². The zero-order valence-corrected chi connectivity index (χ0v) is 12.7. The lowest BCUT2D eigenvalue weighted by molar-refractivity contribution is -0.384. The number of anilines is 1. The lowest BCUT2D eigenvalue weighted by atomic mass is 10.1. The summed E-state index contributed by atoms with van der Waals surface area (Å²) in [4.78, 5) is 32.9. The molecular formula is C15H14N4O6. The molecule has 10 nitrogen and oxygen atoms in total. The lowest BCUT2D eigenvalue weighted by Crippen LogP contribution is -2.28. The van der Waals surface area contributed by atoms with Crippen LogP contribution in [0.3, 0.4) is 0 Å². The average molecular weight is 346 g/mol. The Morgan fingerprint density at radius 3 is 2.36 bits per heavy atom. The summed E-state index contributed by atoms with van der Waals surface area (Å²) in [6.07, 6.45) is 0. The maximum Gasteiger partial charge on any atom is 0.319 e. The van der Waals surface area contributed by atoms with Crippen molar-refractivity contribution in [3.63, 3.8) is 0 Å². The van der Waals surface area contributed by atoms with Gasteiger partial charge in [-0.05, 0) is 23.8 Å². The first-order chi connectivity index (χ1) is 11.9. The molecule has 0 unspecified atom stereocenters. The van der Waals surface area contributed by atoms with Gasteiger partial charge in [-0.2, -0.15) is 0 Å². The van der Waals surface area contributed by atoms with Crippen LogP contribution >= 0.6 is 0 Å². The number of carbonyl (C=O) groups excluding carboxylic acids is 2. The van der Waals surface area contributed by atoms with Crippen LogP contribution in [0.4, 0.5) is 16.2 Å². The summed E-state index contributed by atoms with van der Waals surface area (Å²) < 4.78 is 0. The Balaban J connectivity index is 1.92. The van der Waals surface area contributed by atoms with E-state index in [1.165, 1.54) is 23.7 Å². The number of aromatic hydroxyl groups is 1. The number of urea groups is 1. The van der Waals surface area contributed by atoms with E-state index in [2.05, 4.69) is 10.6 Å². The summed E-state index contributed by atoms with van der Waals surface area (Å²) in [6.45, 7) is 0.139. The van der Waals surface area contributed by atoms with Crippen molar-refractivity contribution >= 4 is 23.3 Å².